The molecule has 0 radical (unpaired) electrons. The lowest BCUT2D eigenvalue weighted by Gasteiger charge is -2.42. The summed E-state index contributed by atoms with van der Waals surface area (Å²) in [6, 6.07) is 0.200. The van der Waals surface area contributed by atoms with Crippen molar-refractivity contribution in [3.05, 3.63) is 44.2 Å². The van der Waals surface area contributed by atoms with Gasteiger partial charge in [-0.15, -0.1) is 11.3 Å². The van der Waals surface area contributed by atoms with Gasteiger partial charge in [0.1, 0.15) is 16.8 Å². The van der Waals surface area contributed by atoms with Crippen LogP contribution in [-0.2, 0) is 15.5 Å². The minimum Gasteiger partial charge on any atom is -0.368 e. The summed E-state index contributed by atoms with van der Waals surface area (Å²) in [5.74, 6) is 1.73. The quantitative estimate of drug-likeness (QED) is 0.765. The minimum atomic E-state index is -1.17. The van der Waals surface area contributed by atoms with Crippen LogP contribution in [0.1, 0.15) is 41.8 Å². The lowest BCUT2D eigenvalue weighted by molar-refractivity contribution is 0.196. The number of ether oxygens (including phenoxy) is 1. The average molecular weight is 424 g/mol. The van der Waals surface area contributed by atoms with Crippen molar-refractivity contribution in [2.75, 3.05) is 18.0 Å². The number of rotatable bonds is 5. The van der Waals surface area contributed by atoms with E-state index >= 15 is 0 Å². The van der Waals surface area contributed by atoms with E-state index < -0.39 is 10.8 Å². The van der Waals surface area contributed by atoms with Crippen LogP contribution >= 0.6 is 23.1 Å². The number of aromatic nitrogens is 3. The highest BCUT2D eigenvalue weighted by atomic mass is 32.2. The van der Waals surface area contributed by atoms with E-state index in [1.807, 2.05) is 31.6 Å². The number of piperidine rings is 1. The van der Waals surface area contributed by atoms with Crippen LogP contribution in [0, 0.1) is 12.8 Å². The Morgan fingerprint density at radius 3 is 3.11 bits per heavy atom. The first-order valence-corrected chi connectivity index (χ1v) is 12.1. The molecule has 0 aromatic carbocycles. The van der Waals surface area contributed by atoms with Gasteiger partial charge in [-0.2, -0.15) is 0 Å². The lowest BCUT2D eigenvalue weighted by Crippen LogP contribution is -2.48. The number of hydrogen-bond acceptors (Lipinski definition) is 8. The highest BCUT2D eigenvalue weighted by molar-refractivity contribution is 8.17. The van der Waals surface area contributed by atoms with Crippen molar-refractivity contribution in [3.8, 4) is 0 Å². The molecule has 5 rings (SSSR count). The molecule has 27 heavy (non-hydrogen) atoms. The van der Waals surface area contributed by atoms with E-state index in [1.165, 1.54) is 5.69 Å². The predicted molar refractivity (Wildman–Crippen MR) is 108 cm³/mol. The van der Waals surface area contributed by atoms with E-state index in [9.17, 15) is 4.21 Å². The average Bonchev–Trinajstić information content (AvgIpc) is 3.40. The summed E-state index contributed by atoms with van der Waals surface area (Å²) in [7, 11) is -1.17. The van der Waals surface area contributed by atoms with Crippen molar-refractivity contribution in [1.29, 1.82) is 0 Å². The molecule has 7 nitrogen and oxygen atoms in total. The van der Waals surface area contributed by atoms with Crippen molar-refractivity contribution in [1.82, 2.24) is 20.0 Å². The number of nitrogens with zero attached hydrogens (tertiary/aromatic N) is 3. The molecule has 2 N–H and O–H groups in total. The molecule has 3 aliphatic rings. The summed E-state index contributed by atoms with van der Waals surface area (Å²) >= 11 is 3.36. The van der Waals surface area contributed by atoms with Gasteiger partial charge in [0, 0.05) is 30.0 Å². The number of imidazole rings is 1. The highest BCUT2D eigenvalue weighted by Gasteiger charge is 2.51. The fourth-order valence-corrected chi connectivity index (χ4v) is 7.83. The molecular formula is C17H21N5O2S3. The molecule has 5 heterocycles. The van der Waals surface area contributed by atoms with Crippen LogP contribution in [0.5, 0.6) is 0 Å². The Hall–Kier alpha value is -1.20. The molecule has 0 aliphatic carbocycles. The standard InChI is InChI=1S/C17H21N5O2S3/c1-3-24-8-27(23)17-14-13-10(12-7-19-9(2)22(12)21-14)6-11(20-16(13)26-17)15-18-4-5-25-15/h4-5,7,10-11,13,16,20-21H,3,6,8H2,1-2H3. The zero-order valence-electron chi connectivity index (χ0n) is 15.0. The van der Waals surface area contributed by atoms with Gasteiger partial charge in [-0.1, -0.05) is 11.8 Å². The minimum absolute atomic E-state index is 0.171. The van der Waals surface area contributed by atoms with Crippen molar-refractivity contribution >= 4 is 33.9 Å². The van der Waals surface area contributed by atoms with Crippen LogP contribution < -0.4 is 10.7 Å². The zero-order valence-corrected chi connectivity index (χ0v) is 17.5. The Balaban J connectivity index is 1.55. The van der Waals surface area contributed by atoms with Crippen LogP contribution in [0.25, 0.3) is 0 Å². The SMILES string of the molecule is CCOCS(=O)C1=C2Nn3c(cnc3C)C3CC(c4nccs4)NC(S1)C23. The van der Waals surface area contributed by atoms with Crippen LogP contribution in [0.3, 0.4) is 0 Å². The molecule has 1 fully saturated rings. The lowest BCUT2D eigenvalue weighted by atomic mass is 9.78. The number of fused-ring (bicyclic) bond motifs is 2. The van der Waals surface area contributed by atoms with E-state index in [2.05, 4.69) is 25.4 Å². The second-order valence-electron chi connectivity index (χ2n) is 6.83. The maximum atomic E-state index is 12.9. The summed E-state index contributed by atoms with van der Waals surface area (Å²) in [6.07, 6.45) is 4.79. The third-order valence-electron chi connectivity index (χ3n) is 5.33. The molecule has 0 amide bonds. The summed E-state index contributed by atoms with van der Waals surface area (Å²) in [5.41, 5.74) is 5.77. The topological polar surface area (TPSA) is 81.1 Å². The van der Waals surface area contributed by atoms with Gasteiger partial charge in [0.15, 0.2) is 0 Å². The molecule has 144 valence electrons. The smallest absolute Gasteiger partial charge is 0.127 e. The van der Waals surface area contributed by atoms with Gasteiger partial charge in [-0.3, -0.25) is 15.0 Å². The Bertz CT molecular complexity index is 910. The molecule has 2 aromatic rings. The van der Waals surface area contributed by atoms with Crippen LogP contribution in [-0.4, -0.2) is 36.8 Å². The Morgan fingerprint density at radius 2 is 2.33 bits per heavy atom. The Labute approximate surface area is 168 Å². The molecule has 1 saturated heterocycles. The van der Waals surface area contributed by atoms with E-state index in [0.29, 0.717) is 12.5 Å². The number of aryl methyl sites for hydroxylation is 1. The van der Waals surface area contributed by atoms with Crippen LogP contribution in [0.4, 0.5) is 0 Å². The first-order valence-electron chi connectivity index (χ1n) is 9.01. The maximum Gasteiger partial charge on any atom is 0.127 e. The van der Waals surface area contributed by atoms with Crippen molar-refractivity contribution in [3.63, 3.8) is 0 Å². The van der Waals surface area contributed by atoms with E-state index in [0.717, 1.165) is 27.2 Å². The van der Waals surface area contributed by atoms with Crippen LogP contribution in [0.2, 0.25) is 0 Å². The molecule has 5 atom stereocenters. The fourth-order valence-electron chi connectivity index (χ4n) is 4.14. The predicted octanol–water partition coefficient (Wildman–Crippen LogP) is 2.62. The largest absolute Gasteiger partial charge is 0.368 e. The van der Waals surface area contributed by atoms with Gasteiger partial charge >= 0.3 is 0 Å². The second kappa shape index (κ2) is 7.00. The van der Waals surface area contributed by atoms with Gasteiger partial charge in [0.2, 0.25) is 0 Å². The molecule has 5 unspecified atom stereocenters. The molecule has 2 aromatic heterocycles. The van der Waals surface area contributed by atoms with Gasteiger partial charge in [0.25, 0.3) is 0 Å². The fraction of sp³-hybridized carbons (Fsp3) is 0.529. The summed E-state index contributed by atoms with van der Waals surface area (Å²) in [5, 5.41) is 7.05. The van der Waals surface area contributed by atoms with Crippen molar-refractivity contribution in [2.45, 2.75) is 37.6 Å². The first-order chi connectivity index (χ1) is 13.2. The maximum absolute atomic E-state index is 12.9. The Morgan fingerprint density at radius 1 is 1.44 bits per heavy atom. The summed E-state index contributed by atoms with van der Waals surface area (Å²) in [4.78, 5) is 9.05. The normalized spacial score (nSPS) is 30.0. The molecular weight excluding hydrogens is 402 g/mol. The number of thioether (sulfide) groups is 1. The van der Waals surface area contributed by atoms with E-state index in [1.54, 1.807) is 23.1 Å². The van der Waals surface area contributed by atoms with Gasteiger partial charge in [-0.05, 0) is 20.3 Å². The monoisotopic (exact) mass is 423 g/mol. The van der Waals surface area contributed by atoms with Crippen molar-refractivity contribution < 1.29 is 8.95 Å². The van der Waals surface area contributed by atoms with E-state index in [4.69, 9.17) is 4.74 Å². The third kappa shape index (κ3) is 2.89. The third-order valence-corrected chi connectivity index (χ3v) is 9.20. The van der Waals surface area contributed by atoms with Crippen molar-refractivity contribution in [2.24, 2.45) is 5.92 Å². The van der Waals surface area contributed by atoms with Gasteiger partial charge in [0.05, 0.1) is 44.0 Å². The highest BCUT2D eigenvalue weighted by Crippen LogP contribution is 2.55. The molecule has 3 aliphatic heterocycles. The number of nitrogens with one attached hydrogen (secondary N) is 2. The first kappa shape index (κ1) is 17.9. The molecule has 0 saturated carbocycles. The van der Waals surface area contributed by atoms with Crippen LogP contribution in [0.15, 0.2) is 27.7 Å². The van der Waals surface area contributed by atoms with Gasteiger partial charge < -0.3 is 4.74 Å². The number of hydrogen-bond donors (Lipinski definition) is 2. The summed E-state index contributed by atoms with van der Waals surface area (Å²) < 4.78 is 21.3. The Kier molecular flexibility index (Phi) is 4.63. The van der Waals surface area contributed by atoms with E-state index in [-0.39, 0.29) is 23.3 Å². The molecule has 0 bridgehead atoms. The molecule has 10 heteroatoms. The second-order valence-corrected chi connectivity index (χ2v) is 10.5. The molecule has 0 spiro atoms. The summed E-state index contributed by atoms with van der Waals surface area (Å²) in [6.45, 7) is 4.48. The zero-order chi connectivity index (χ0) is 18.5. The van der Waals surface area contributed by atoms with Gasteiger partial charge in [-0.25, -0.2) is 14.6 Å². The number of thiazole rings is 1.